The van der Waals surface area contributed by atoms with Crippen molar-refractivity contribution >= 4 is 15.9 Å². The van der Waals surface area contributed by atoms with Crippen LogP contribution in [0.25, 0.3) is 0 Å². The molecule has 0 amide bonds. The Kier molecular flexibility index (Phi) is 4.30. The van der Waals surface area contributed by atoms with Crippen LogP contribution in [-0.4, -0.2) is 4.98 Å². The van der Waals surface area contributed by atoms with Crippen molar-refractivity contribution in [3.63, 3.8) is 0 Å². The van der Waals surface area contributed by atoms with Crippen LogP contribution in [0.4, 0.5) is 0 Å². The number of halogens is 1. The SMILES string of the molecule is CCCCCc1cncc(Br)c1. The maximum Gasteiger partial charge on any atom is 0.0410 e. The third kappa shape index (κ3) is 3.35. The zero-order valence-electron chi connectivity index (χ0n) is 7.39. The number of nitrogens with zero attached hydrogens (tertiary/aromatic N) is 1. The molecule has 12 heavy (non-hydrogen) atoms. The Morgan fingerprint density at radius 1 is 1.33 bits per heavy atom. The molecule has 1 heterocycles. The quantitative estimate of drug-likeness (QED) is 0.718. The lowest BCUT2D eigenvalue weighted by atomic mass is 10.1. The van der Waals surface area contributed by atoms with Gasteiger partial charge in [0.25, 0.3) is 0 Å². The normalized spacial score (nSPS) is 10.2. The number of hydrogen-bond acceptors (Lipinski definition) is 1. The van der Waals surface area contributed by atoms with Gasteiger partial charge in [0, 0.05) is 16.9 Å². The highest BCUT2D eigenvalue weighted by Crippen LogP contribution is 2.11. The minimum Gasteiger partial charge on any atom is -0.263 e. The summed E-state index contributed by atoms with van der Waals surface area (Å²) in [5.41, 5.74) is 1.33. The average molecular weight is 228 g/mol. The highest BCUT2D eigenvalue weighted by Gasteiger charge is 1.93. The molecule has 0 aliphatic rings. The first-order valence-corrected chi connectivity index (χ1v) is 5.21. The second-order valence-corrected chi connectivity index (χ2v) is 3.88. The van der Waals surface area contributed by atoms with E-state index in [1.165, 1.54) is 24.8 Å². The molecule has 0 spiro atoms. The number of aromatic nitrogens is 1. The number of pyridine rings is 1. The van der Waals surface area contributed by atoms with Gasteiger partial charge < -0.3 is 0 Å². The van der Waals surface area contributed by atoms with Crippen molar-refractivity contribution in [2.24, 2.45) is 0 Å². The summed E-state index contributed by atoms with van der Waals surface area (Å²) in [6.07, 6.45) is 8.78. The molecule has 0 bridgehead atoms. The Morgan fingerprint density at radius 3 is 2.83 bits per heavy atom. The minimum atomic E-state index is 1.08. The third-order valence-electron chi connectivity index (χ3n) is 1.83. The summed E-state index contributed by atoms with van der Waals surface area (Å²) < 4.78 is 1.08. The fraction of sp³-hybridized carbons (Fsp3) is 0.500. The summed E-state index contributed by atoms with van der Waals surface area (Å²) in [6, 6.07) is 2.14. The molecule has 2 heteroatoms. The van der Waals surface area contributed by atoms with Crippen molar-refractivity contribution in [1.82, 2.24) is 4.98 Å². The molecule has 0 aromatic carbocycles. The van der Waals surface area contributed by atoms with Gasteiger partial charge in [-0.15, -0.1) is 0 Å². The van der Waals surface area contributed by atoms with Crippen LogP contribution in [-0.2, 0) is 6.42 Å². The van der Waals surface area contributed by atoms with E-state index in [0.29, 0.717) is 0 Å². The topological polar surface area (TPSA) is 12.9 Å². The number of rotatable bonds is 4. The van der Waals surface area contributed by atoms with Crippen LogP contribution in [0, 0.1) is 0 Å². The van der Waals surface area contributed by atoms with Gasteiger partial charge in [0.2, 0.25) is 0 Å². The Labute approximate surface area is 82.3 Å². The van der Waals surface area contributed by atoms with E-state index in [0.717, 1.165) is 10.9 Å². The van der Waals surface area contributed by atoms with Crippen LogP contribution >= 0.6 is 15.9 Å². The zero-order chi connectivity index (χ0) is 8.81. The summed E-state index contributed by atoms with van der Waals surface area (Å²) in [5, 5.41) is 0. The predicted molar refractivity (Wildman–Crippen MR) is 55.2 cm³/mol. The number of aryl methyl sites for hydroxylation is 1. The molecular weight excluding hydrogens is 214 g/mol. The van der Waals surface area contributed by atoms with Crippen molar-refractivity contribution in [1.29, 1.82) is 0 Å². The highest BCUT2D eigenvalue weighted by molar-refractivity contribution is 9.10. The summed E-state index contributed by atoms with van der Waals surface area (Å²) in [6.45, 7) is 2.22. The largest absolute Gasteiger partial charge is 0.263 e. The van der Waals surface area contributed by atoms with E-state index in [2.05, 4.69) is 33.9 Å². The van der Waals surface area contributed by atoms with Gasteiger partial charge in [-0.3, -0.25) is 4.98 Å². The molecule has 0 radical (unpaired) electrons. The van der Waals surface area contributed by atoms with Crippen LogP contribution in [0.5, 0.6) is 0 Å². The van der Waals surface area contributed by atoms with Crippen molar-refractivity contribution < 1.29 is 0 Å². The van der Waals surface area contributed by atoms with Gasteiger partial charge in [-0.25, -0.2) is 0 Å². The molecule has 0 unspecified atom stereocenters. The van der Waals surface area contributed by atoms with Gasteiger partial charge in [0.15, 0.2) is 0 Å². The molecule has 0 atom stereocenters. The Balaban J connectivity index is 2.41. The second kappa shape index (κ2) is 5.31. The summed E-state index contributed by atoms with van der Waals surface area (Å²) in [5.74, 6) is 0. The van der Waals surface area contributed by atoms with E-state index in [1.54, 1.807) is 0 Å². The van der Waals surface area contributed by atoms with Crippen molar-refractivity contribution in [3.8, 4) is 0 Å². The van der Waals surface area contributed by atoms with E-state index in [4.69, 9.17) is 0 Å². The summed E-state index contributed by atoms with van der Waals surface area (Å²) in [4.78, 5) is 4.12. The Bertz CT molecular complexity index is 235. The molecule has 0 aliphatic carbocycles. The second-order valence-electron chi connectivity index (χ2n) is 2.97. The van der Waals surface area contributed by atoms with Gasteiger partial charge in [-0.2, -0.15) is 0 Å². The Morgan fingerprint density at radius 2 is 2.17 bits per heavy atom. The molecule has 0 saturated carbocycles. The summed E-state index contributed by atoms with van der Waals surface area (Å²) >= 11 is 3.41. The molecule has 0 aliphatic heterocycles. The Hall–Kier alpha value is -0.370. The molecule has 1 nitrogen and oxygen atoms in total. The van der Waals surface area contributed by atoms with Gasteiger partial charge in [0.05, 0.1) is 0 Å². The average Bonchev–Trinajstić information content (AvgIpc) is 2.05. The number of unbranched alkanes of at least 4 members (excludes halogenated alkanes) is 2. The maximum absolute atomic E-state index is 4.12. The molecule has 0 saturated heterocycles. The van der Waals surface area contributed by atoms with Crippen LogP contribution in [0.3, 0.4) is 0 Å². The lowest BCUT2D eigenvalue weighted by Gasteiger charge is -1.99. The van der Waals surface area contributed by atoms with E-state index in [1.807, 2.05) is 12.4 Å². The monoisotopic (exact) mass is 227 g/mol. The standard InChI is InChI=1S/C10H14BrN/c1-2-3-4-5-9-6-10(11)8-12-7-9/h6-8H,2-5H2,1H3. The fourth-order valence-electron chi connectivity index (χ4n) is 1.17. The molecule has 0 fully saturated rings. The predicted octanol–water partition coefficient (Wildman–Crippen LogP) is 3.58. The van der Waals surface area contributed by atoms with Crippen molar-refractivity contribution in [2.45, 2.75) is 32.6 Å². The molecule has 1 rings (SSSR count). The number of hydrogen-bond donors (Lipinski definition) is 0. The lowest BCUT2D eigenvalue weighted by molar-refractivity contribution is 0.716. The first-order chi connectivity index (χ1) is 5.83. The van der Waals surface area contributed by atoms with E-state index < -0.39 is 0 Å². The van der Waals surface area contributed by atoms with Crippen LogP contribution in [0.2, 0.25) is 0 Å². The van der Waals surface area contributed by atoms with Crippen LogP contribution in [0.1, 0.15) is 31.7 Å². The smallest absolute Gasteiger partial charge is 0.0410 e. The fourth-order valence-corrected chi connectivity index (χ4v) is 1.58. The minimum absolute atomic E-state index is 1.08. The zero-order valence-corrected chi connectivity index (χ0v) is 8.97. The van der Waals surface area contributed by atoms with Crippen molar-refractivity contribution in [3.05, 3.63) is 28.5 Å². The maximum atomic E-state index is 4.12. The van der Waals surface area contributed by atoms with E-state index in [9.17, 15) is 0 Å². The van der Waals surface area contributed by atoms with Gasteiger partial charge in [-0.1, -0.05) is 19.8 Å². The van der Waals surface area contributed by atoms with E-state index >= 15 is 0 Å². The van der Waals surface area contributed by atoms with Crippen molar-refractivity contribution in [2.75, 3.05) is 0 Å². The molecule has 0 N–H and O–H groups in total. The first-order valence-electron chi connectivity index (χ1n) is 4.42. The van der Waals surface area contributed by atoms with Gasteiger partial charge >= 0.3 is 0 Å². The van der Waals surface area contributed by atoms with Gasteiger partial charge in [0.1, 0.15) is 0 Å². The lowest BCUT2D eigenvalue weighted by Crippen LogP contribution is -1.86. The molecule has 1 aromatic heterocycles. The van der Waals surface area contributed by atoms with Crippen LogP contribution in [0.15, 0.2) is 22.9 Å². The highest BCUT2D eigenvalue weighted by atomic mass is 79.9. The molecular formula is C10H14BrN. The molecule has 66 valence electrons. The first kappa shape index (κ1) is 9.72. The summed E-state index contributed by atoms with van der Waals surface area (Å²) in [7, 11) is 0. The van der Waals surface area contributed by atoms with Gasteiger partial charge in [-0.05, 0) is 40.4 Å². The third-order valence-corrected chi connectivity index (χ3v) is 2.26. The van der Waals surface area contributed by atoms with Crippen LogP contribution < -0.4 is 0 Å². The van der Waals surface area contributed by atoms with E-state index in [-0.39, 0.29) is 0 Å². The molecule has 1 aromatic rings.